The van der Waals surface area contributed by atoms with Crippen LogP contribution in [-0.2, 0) is 12.3 Å². The highest BCUT2D eigenvalue weighted by Gasteiger charge is 2.14. The molecule has 28 heavy (non-hydrogen) atoms. The van der Waals surface area contributed by atoms with Gasteiger partial charge in [0.05, 0.1) is 16.7 Å². The summed E-state index contributed by atoms with van der Waals surface area (Å²) in [5, 5.41) is 9.70. The SMILES string of the molecule is C=CCn1c(SCc2nnc(-c3ccccc3)o2)nc2ccc(Cl)cc2c1=O. The number of thioether (sulfide) groups is 1. The zero-order valence-corrected chi connectivity index (χ0v) is 16.3. The highest BCUT2D eigenvalue weighted by atomic mass is 35.5. The molecule has 2 heterocycles. The Bertz CT molecular complexity index is 1200. The number of hydrogen-bond donors (Lipinski definition) is 0. The van der Waals surface area contributed by atoms with Gasteiger partial charge in [-0.05, 0) is 30.3 Å². The van der Waals surface area contributed by atoms with Gasteiger partial charge in [-0.2, -0.15) is 0 Å². The Balaban J connectivity index is 1.63. The molecule has 140 valence electrons. The maximum Gasteiger partial charge on any atom is 0.262 e. The van der Waals surface area contributed by atoms with Crippen LogP contribution in [0.1, 0.15) is 5.89 Å². The summed E-state index contributed by atoms with van der Waals surface area (Å²) in [5.41, 5.74) is 1.29. The lowest BCUT2D eigenvalue weighted by molar-refractivity contribution is 0.528. The lowest BCUT2D eigenvalue weighted by Crippen LogP contribution is -2.22. The van der Waals surface area contributed by atoms with Gasteiger partial charge in [-0.3, -0.25) is 9.36 Å². The summed E-state index contributed by atoms with van der Waals surface area (Å²) in [6.07, 6.45) is 1.66. The first-order valence-corrected chi connectivity index (χ1v) is 9.83. The van der Waals surface area contributed by atoms with E-state index in [1.165, 1.54) is 11.8 Å². The van der Waals surface area contributed by atoms with Gasteiger partial charge in [-0.1, -0.05) is 47.6 Å². The fraction of sp³-hybridized carbons (Fsp3) is 0.100. The van der Waals surface area contributed by atoms with Crippen LogP contribution in [0, 0.1) is 0 Å². The molecule has 0 fully saturated rings. The number of nitrogens with zero attached hydrogens (tertiary/aromatic N) is 4. The Morgan fingerprint density at radius 2 is 2.00 bits per heavy atom. The maximum atomic E-state index is 12.8. The normalized spacial score (nSPS) is 11.0. The van der Waals surface area contributed by atoms with Crippen LogP contribution in [0.4, 0.5) is 0 Å². The third-order valence-corrected chi connectivity index (χ3v) is 5.20. The Hall–Kier alpha value is -2.90. The zero-order chi connectivity index (χ0) is 19.5. The topological polar surface area (TPSA) is 73.8 Å². The van der Waals surface area contributed by atoms with E-state index in [4.69, 9.17) is 16.0 Å². The van der Waals surface area contributed by atoms with Crippen molar-refractivity contribution in [3.05, 3.63) is 82.5 Å². The molecule has 4 rings (SSSR count). The van der Waals surface area contributed by atoms with Gasteiger partial charge < -0.3 is 4.42 Å². The van der Waals surface area contributed by atoms with Crippen molar-refractivity contribution in [2.45, 2.75) is 17.5 Å². The zero-order valence-electron chi connectivity index (χ0n) is 14.7. The van der Waals surface area contributed by atoms with Gasteiger partial charge in [0.2, 0.25) is 11.8 Å². The number of fused-ring (bicyclic) bond motifs is 1. The molecule has 0 spiro atoms. The first kappa shape index (κ1) is 18.5. The molecule has 0 N–H and O–H groups in total. The van der Waals surface area contributed by atoms with Crippen LogP contribution in [0.25, 0.3) is 22.4 Å². The Kier molecular flexibility index (Phi) is 5.27. The van der Waals surface area contributed by atoms with Gasteiger partial charge in [0, 0.05) is 17.1 Å². The summed E-state index contributed by atoms with van der Waals surface area (Å²) in [5.74, 6) is 1.31. The van der Waals surface area contributed by atoms with Crippen LogP contribution in [0.5, 0.6) is 0 Å². The average molecular weight is 411 g/mol. The van der Waals surface area contributed by atoms with Crippen LogP contribution in [-0.4, -0.2) is 19.7 Å². The molecule has 0 saturated carbocycles. The predicted octanol–water partition coefficient (Wildman–Crippen LogP) is 4.58. The van der Waals surface area contributed by atoms with E-state index in [1.807, 2.05) is 30.3 Å². The molecule has 8 heteroatoms. The number of halogens is 1. The molecule has 0 aliphatic rings. The van der Waals surface area contributed by atoms with Gasteiger partial charge >= 0.3 is 0 Å². The van der Waals surface area contributed by atoms with Crippen molar-refractivity contribution in [2.24, 2.45) is 0 Å². The van der Waals surface area contributed by atoms with Gasteiger partial charge in [0.1, 0.15) is 0 Å². The molecule has 0 atom stereocenters. The molecule has 2 aromatic heterocycles. The standard InChI is InChI=1S/C20H15ClN4O2S/c1-2-10-25-19(26)15-11-14(21)8-9-16(15)22-20(25)28-12-17-23-24-18(27-17)13-6-4-3-5-7-13/h2-9,11H,1,10,12H2. The highest BCUT2D eigenvalue weighted by Crippen LogP contribution is 2.25. The molecule has 0 saturated heterocycles. The molecule has 2 aromatic carbocycles. The fourth-order valence-corrected chi connectivity index (χ4v) is 3.73. The second-order valence-electron chi connectivity index (χ2n) is 5.92. The molecule has 0 unspecified atom stereocenters. The molecule has 0 radical (unpaired) electrons. The number of aromatic nitrogens is 4. The molecule has 6 nitrogen and oxygen atoms in total. The fourth-order valence-electron chi connectivity index (χ4n) is 2.71. The van der Waals surface area contributed by atoms with Crippen molar-refractivity contribution in [1.82, 2.24) is 19.7 Å². The van der Waals surface area contributed by atoms with E-state index >= 15 is 0 Å². The number of hydrogen-bond acceptors (Lipinski definition) is 6. The average Bonchev–Trinajstić information content (AvgIpc) is 3.19. The highest BCUT2D eigenvalue weighted by molar-refractivity contribution is 7.98. The van der Waals surface area contributed by atoms with Crippen molar-refractivity contribution in [3.8, 4) is 11.5 Å². The van der Waals surface area contributed by atoms with E-state index in [-0.39, 0.29) is 5.56 Å². The van der Waals surface area contributed by atoms with E-state index in [1.54, 1.807) is 28.8 Å². The van der Waals surface area contributed by atoms with E-state index < -0.39 is 0 Å². The van der Waals surface area contributed by atoms with E-state index in [0.717, 1.165) is 5.56 Å². The van der Waals surface area contributed by atoms with E-state index in [9.17, 15) is 4.79 Å². The van der Waals surface area contributed by atoms with Crippen LogP contribution in [0.15, 0.2) is 75.6 Å². The summed E-state index contributed by atoms with van der Waals surface area (Å²) in [4.78, 5) is 17.4. The Labute approximate surface area is 169 Å². The molecule has 4 aromatic rings. The maximum absolute atomic E-state index is 12.8. The first-order valence-electron chi connectivity index (χ1n) is 8.47. The molecule has 0 aliphatic heterocycles. The monoisotopic (exact) mass is 410 g/mol. The summed E-state index contributed by atoms with van der Waals surface area (Å²) < 4.78 is 7.29. The van der Waals surface area contributed by atoms with Gasteiger partial charge in [0.15, 0.2) is 5.16 Å². The molecular weight excluding hydrogens is 396 g/mol. The summed E-state index contributed by atoms with van der Waals surface area (Å²) in [6.45, 7) is 4.07. The van der Waals surface area contributed by atoms with Crippen LogP contribution < -0.4 is 5.56 Å². The van der Waals surface area contributed by atoms with Crippen LogP contribution in [0.3, 0.4) is 0 Å². The predicted molar refractivity (Wildman–Crippen MR) is 111 cm³/mol. The van der Waals surface area contributed by atoms with Crippen LogP contribution in [0.2, 0.25) is 5.02 Å². The first-order chi connectivity index (χ1) is 13.7. The van der Waals surface area contributed by atoms with Gasteiger partial charge in [0.25, 0.3) is 5.56 Å². The van der Waals surface area contributed by atoms with Gasteiger partial charge in [-0.25, -0.2) is 4.98 Å². The number of allylic oxidation sites excluding steroid dienone is 1. The van der Waals surface area contributed by atoms with E-state index in [0.29, 0.717) is 45.2 Å². The van der Waals surface area contributed by atoms with Gasteiger partial charge in [-0.15, -0.1) is 16.8 Å². The molecule has 0 amide bonds. The quantitative estimate of drug-likeness (QED) is 0.263. The smallest absolute Gasteiger partial charge is 0.262 e. The van der Waals surface area contributed by atoms with Crippen molar-refractivity contribution >= 4 is 34.3 Å². The lowest BCUT2D eigenvalue weighted by Gasteiger charge is -2.10. The molecule has 0 bridgehead atoms. The second kappa shape index (κ2) is 8.00. The third-order valence-electron chi connectivity index (χ3n) is 4.01. The minimum Gasteiger partial charge on any atom is -0.420 e. The summed E-state index contributed by atoms with van der Waals surface area (Å²) in [7, 11) is 0. The van der Waals surface area contributed by atoms with E-state index in [2.05, 4.69) is 21.8 Å². The minimum atomic E-state index is -0.162. The Morgan fingerprint density at radius 3 is 2.79 bits per heavy atom. The number of benzene rings is 2. The Morgan fingerprint density at radius 1 is 1.18 bits per heavy atom. The van der Waals surface area contributed by atoms with Crippen LogP contribution >= 0.6 is 23.4 Å². The third kappa shape index (κ3) is 3.72. The second-order valence-corrected chi connectivity index (χ2v) is 7.29. The van der Waals surface area contributed by atoms with Crippen molar-refractivity contribution in [3.63, 3.8) is 0 Å². The number of rotatable bonds is 6. The summed E-state index contributed by atoms with van der Waals surface area (Å²) >= 11 is 7.38. The lowest BCUT2D eigenvalue weighted by atomic mass is 10.2. The summed E-state index contributed by atoms with van der Waals surface area (Å²) in [6, 6.07) is 14.6. The van der Waals surface area contributed by atoms with Crippen molar-refractivity contribution in [1.29, 1.82) is 0 Å². The van der Waals surface area contributed by atoms with Crippen molar-refractivity contribution in [2.75, 3.05) is 0 Å². The minimum absolute atomic E-state index is 0.162. The van der Waals surface area contributed by atoms with Crippen molar-refractivity contribution < 1.29 is 4.42 Å². The molecule has 0 aliphatic carbocycles. The molecular formula is C20H15ClN4O2S. The largest absolute Gasteiger partial charge is 0.420 e.